The van der Waals surface area contributed by atoms with Crippen LogP contribution in [0.25, 0.3) is 0 Å². The van der Waals surface area contributed by atoms with Crippen LogP contribution in [0, 0.1) is 0 Å². The summed E-state index contributed by atoms with van der Waals surface area (Å²) in [5.41, 5.74) is 1.41. The zero-order chi connectivity index (χ0) is 18.4. The molecule has 0 aliphatic carbocycles. The van der Waals surface area contributed by atoms with Crippen molar-refractivity contribution in [3.05, 3.63) is 64.7 Å². The van der Waals surface area contributed by atoms with Crippen LogP contribution in [0.3, 0.4) is 0 Å². The molecule has 0 aromatic heterocycles. The lowest BCUT2D eigenvalue weighted by atomic mass is 9.97. The van der Waals surface area contributed by atoms with Gasteiger partial charge in [0.2, 0.25) is 0 Å². The summed E-state index contributed by atoms with van der Waals surface area (Å²) in [5.74, 6) is -1.90. The Labute approximate surface area is 145 Å². The Morgan fingerprint density at radius 3 is 2.28 bits per heavy atom. The van der Waals surface area contributed by atoms with E-state index in [1.165, 1.54) is 26.2 Å². The molecule has 0 unspecified atom stereocenters. The molecule has 0 saturated carbocycles. The summed E-state index contributed by atoms with van der Waals surface area (Å²) in [6.45, 7) is 1.50. The van der Waals surface area contributed by atoms with Gasteiger partial charge < -0.3 is 14.6 Å². The number of carboxylic acids is 1. The maximum absolute atomic E-state index is 12.0. The van der Waals surface area contributed by atoms with Gasteiger partial charge in [-0.15, -0.1) is 0 Å². The van der Waals surface area contributed by atoms with E-state index in [9.17, 15) is 14.4 Å². The number of aliphatic carboxylic acids is 1. The number of benzene rings is 2. The minimum absolute atomic E-state index is 0.0813. The summed E-state index contributed by atoms with van der Waals surface area (Å²) < 4.78 is 10.4. The second-order valence-electron chi connectivity index (χ2n) is 5.40. The van der Waals surface area contributed by atoms with E-state index in [1.54, 1.807) is 0 Å². The molecule has 25 heavy (non-hydrogen) atoms. The number of rotatable bonds is 7. The van der Waals surface area contributed by atoms with E-state index in [0.29, 0.717) is 0 Å². The van der Waals surface area contributed by atoms with E-state index in [0.717, 1.165) is 5.56 Å². The van der Waals surface area contributed by atoms with E-state index >= 15 is 0 Å². The molecule has 1 N–H and O–H groups in total. The maximum atomic E-state index is 12.0. The Morgan fingerprint density at radius 1 is 1.04 bits per heavy atom. The number of Topliss-reactive ketones (excluding diaryl/α,β-unsaturated/α-hetero) is 1. The molecule has 0 spiro atoms. The first-order valence-electron chi connectivity index (χ1n) is 7.57. The molecule has 2 aromatic rings. The number of carbonyl (C=O) groups is 3. The molecule has 130 valence electrons. The lowest BCUT2D eigenvalue weighted by Crippen LogP contribution is -2.12. The van der Waals surface area contributed by atoms with Gasteiger partial charge in [-0.2, -0.15) is 0 Å². The number of esters is 1. The molecular weight excluding hydrogens is 324 g/mol. The largest absolute Gasteiger partial charge is 0.488 e. The van der Waals surface area contributed by atoms with Crippen LogP contribution < -0.4 is 4.74 Å². The van der Waals surface area contributed by atoms with Crippen molar-refractivity contribution >= 4 is 17.7 Å². The van der Waals surface area contributed by atoms with Crippen molar-refractivity contribution in [1.29, 1.82) is 0 Å². The zero-order valence-electron chi connectivity index (χ0n) is 13.9. The summed E-state index contributed by atoms with van der Waals surface area (Å²) >= 11 is 0. The molecule has 2 rings (SSSR count). The summed E-state index contributed by atoms with van der Waals surface area (Å²) in [5, 5.41) is 9.05. The van der Waals surface area contributed by atoms with Crippen LogP contribution in [0.15, 0.2) is 42.5 Å². The molecule has 0 aliphatic heterocycles. The van der Waals surface area contributed by atoms with Crippen molar-refractivity contribution in [2.24, 2.45) is 0 Å². The fourth-order valence-corrected chi connectivity index (χ4v) is 2.38. The molecule has 0 amide bonds. The minimum atomic E-state index is -1.08. The average molecular weight is 342 g/mol. The lowest BCUT2D eigenvalue weighted by molar-refractivity contribution is -0.136. The highest BCUT2D eigenvalue weighted by atomic mass is 16.5. The fraction of sp³-hybridized carbons (Fsp3) is 0.211. The average Bonchev–Trinajstić information content (AvgIpc) is 2.59. The Kier molecular flexibility index (Phi) is 5.89. The van der Waals surface area contributed by atoms with Crippen LogP contribution in [0.1, 0.15) is 38.8 Å². The first-order valence-corrected chi connectivity index (χ1v) is 7.57. The zero-order valence-corrected chi connectivity index (χ0v) is 13.9. The van der Waals surface area contributed by atoms with E-state index in [1.807, 2.05) is 30.3 Å². The Morgan fingerprint density at radius 2 is 1.72 bits per heavy atom. The van der Waals surface area contributed by atoms with Crippen LogP contribution in [0.2, 0.25) is 0 Å². The molecule has 2 aromatic carbocycles. The Hall–Kier alpha value is -3.15. The number of hydrogen-bond donors (Lipinski definition) is 1. The highest BCUT2D eigenvalue weighted by molar-refractivity contribution is 6.01. The Bertz CT molecular complexity index is 795. The van der Waals surface area contributed by atoms with Crippen LogP contribution in [-0.2, 0) is 22.6 Å². The smallest absolute Gasteiger partial charge is 0.341 e. The van der Waals surface area contributed by atoms with E-state index in [4.69, 9.17) is 14.6 Å². The van der Waals surface area contributed by atoms with Gasteiger partial charge in [0.15, 0.2) is 5.78 Å². The molecule has 6 nitrogen and oxygen atoms in total. The third kappa shape index (κ3) is 4.67. The van der Waals surface area contributed by atoms with E-state index < -0.39 is 11.9 Å². The summed E-state index contributed by atoms with van der Waals surface area (Å²) in [7, 11) is 1.22. The van der Waals surface area contributed by atoms with Crippen molar-refractivity contribution in [2.75, 3.05) is 7.11 Å². The van der Waals surface area contributed by atoms with Gasteiger partial charge in [-0.3, -0.25) is 9.59 Å². The maximum Gasteiger partial charge on any atom is 0.341 e. The molecule has 0 heterocycles. The summed E-state index contributed by atoms with van der Waals surface area (Å²) in [6.07, 6.45) is -0.349. The monoisotopic (exact) mass is 342 g/mol. The van der Waals surface area contributed by atoms with E-state index in [2.05, 4.69) is 0 Å². The molecule has 0 atom stereocenters. The van der Waals surface area contributed by atoms with E-state index in [-0.39, 0.29) is 41.3 Å². The van der Waals surface area contributed by atoms with Crippen molar-refractivity contribution in [1.82, 2.24) is 0 Å². The van der Waals surface area contributed by atoms with Crippen molar-refractivity contribution in [3.63, 3.8) is 0 Å². The van der Waals surface area contributed by atoms with Crippen molar-refractivity contribution in [2.45, 2.75) is 20.0 Å². The van der Waals surface area contributed by atoms with Gasteiger partial charge in [-0.05, 0) is 30.2 Å². The second kappa shape index (κ2) is 8.10. The number of hydrogen-bond acceptors (Lipinski definition) is 5. The second-order valence-corrected chi connectivity index (χ2v) is 5.40. The SMILES string of the molecule is COC(=O)c1cc(C(C)=O)c(CC(=O)O)cc1OCc1ccccc1. The minimum Gasteiger partial charge on any atom is -0.488 e. The molecule has 0 fully saturated rings. The topological polar surface area (TPSA) is 89.9 Å². The highest BCUT2D eigenvalue weighted by Crippen LogP contribution is 2.27. The van der Waals surface area contributed by atoms with Crippen LogP contribution >= 0.6 is 0 Å². The number of ether oxygens (including phenoxy) is 2. The number of carbonyl (C=O) groups excluding carboxylic acids is 2. The van der Waals surface area contributed by atoms with Crippen LogP contribution in [-0.4, -0.2) is 29.9 Å². The Balaban J connectivity index is 2.44. The highest BCUT2D eigenvalue weighted by Gasteiger charge is 2.20. The number of ketones is 1. The van der Waals surface area contributed by atoms with Gasteiger partial charge in [0.05, 0.1) is 13.5 Å². The van der Waals surface area contributed by atoms with Gasteiger partial charge in [0.25, 0.3) is 0 Å². The standard InChI is InChI=1S/C19H18O6/c1-12(20)15-10-16(19(23)24-2)17(8-14(15)9-18(21)22)25-11-13-6-4-3-5-7-13/h3-8,10H,9,11H2,1-2H3,(H,21,22). The van der Waals surface area contributed by atoms with Gasteiger partial charge in [0, 0.05) is 5.56 Å². The molecule has 6 heteroatoms. The fourth-order valence-electron chi connectivity index (χ4n) is 2.38. The van der Waals surface area contributed by atoms with Gasteiger partial charge in [-0.1, -0.05) is 30.3 Å². The number of carboxylic acid groups (broad SMARTS) is 1. The third-order valence-electron chi connectivity index (χ3n) is 3.57. The molecular formula is C19H18O6. The number of methoxy groups -OCH3 is 1. The summed E-state index contributed by atoms with van der Waals surface area (Å²) in [6, 6.07) is 12.0. The van der Waals surface area contributed by atoms with Crippen LogP contribution in [0.4, 0.5) is 0 Å². The van der Waals surface area contributed by atoms with Gasteiger partial charge in [-0.25, -0.2) is 4.79 Å². The van der Waals surface area contributed by atoms with Crippen molar-refractivity contribution < 1.29 is 29.0 Å². The lowest BCUT2D eigenvalue weighted by Gasteiger charge is -2.14. The first kappa shape index (κ1) is 18.2. The molecule has 0 radical (unpaired) electrons. The molecule has 0 bridgehead atoms. The van der Waals surface area contributed by atoms with Gasteiger partial charge in [0.1, 0.15) is 17.9 Å². The predicted octanol–water partition coefficient (Wildman–Crippen LogP) is 2.88. The van der Waals surface area contributed by atoms with Crippen LogP contribution in [0.5, 0.6) is 5.75 Å². The van der Waals surface area contributed by atoms with Crippen molar-refractivity contribution in [3.8, 4) is 5.75 Å². The normalized spacial score (nSPS) is 10.2. The van der Waals surface area contributed by atoms with Gasteiger partial charge >= 0.3 is 11.9 Å². The third-order valence-corrected chi connectivity index (χ3v) is 3.57. The quantitative estimate of drug-likeness (QED) is 0.615. The summed E-state index contributed by atoms with van der Waals surface area (Å²) in [4.78, 5) is 34.9. The predicted molar refractivity (Wildman–Crippen MR) is 89.9 cm³/mol. The first-order chi connectivity index (χ1) is 11.9. The molecule has 0 aliphatic rings. The molecule has 0 saturated heterocycles.